The van der Waals surface area contributed by atoms with E-state index in [1.807, 2.05) is 48.5 Å². The number of hydrogen-bond donors (Lipinski definition) is 2. The van der Waals surface area contributed by atoms with Gasteiger partial charge in [-0.05, 0) is 30.3 Å². The SMILES string of the molecule is COc1ccc(OC)c(Cc2[nH]nc(N)c2N=Nc2ccccc2)c1. The number of nitrogens with two attached hydrogens (primary N) is 1. The molecule has 7 nitrogen and oxygen atoms in total. The molecule has 1 aromatic heterocycles. The van der Waals surface area contributed by atoms with Crippen molar-refractivity contribution in [3.8, 4) is 11.5 Å². The first-order valence-electron chi connectivity index (χ1n) is 7.71. The van der Waals surface area contributed by atoms with Crippen LogP contribution in [0.1, 0.15) is 11.3 Å². The Morgan fingerprint density at radius 2 is 1.84 bits per heavy atom. The summed E-state index contributed by atoms with van der Waals surface area (Å²) in [5, 5.41) is 15.5. The first kappa shape index (κ1) is 16.5. The fourth-order valence-electron chi connectivity index (χ4n) is 2.44. The van der Waals surface area contributed by atoms with Crippen molar-refractivity contribution in [2.75, 3.05) is 20.0 Å². The number of nitrogens with one attached hydrogen (secondary N) is 1. The van der Waals surface area contributed by atoms with Gasteiger partial charge >= 0.3 is 0 Å². The number of aromatic nitrogens is 2. The summed E-state index contributed by atoms with van der Waals surface area (Å²) < 4.78 is 10.7. The van der Waals surface area contributed by atoms with Crippen molar-refractivity contribution in [1.29, 1.82) is 0 Å². The maximum atomic E-state index is 5.93. The molecule has 7 heteroatoms. The summed E-state index contributed by atoms with van der Waals surface area (Å²) in [4.78, 5) is 0. The van der Waals surface area contributed by atoms with Gasteiger partial charge in [-0.15, -0.1) is 5.11 Å². The van der Waals surface area contributed by atoms with Gasteiger partial charge in [-0.2, -0.15) is 10.2 Å². The molecule has 0 unspecified atom stereocenters. The van der Waals surface area contributed by atoms with E-state index in [1.54, 1.807) is 14.2 Å². The lowest BCUT2D eigenvalue weighted by atomic mass is 10.1. The minimum absolute atomic E-state index is 0.302. The van der Waals surface area contributed by atoms with Crippen molar-refractivity contribution >= 4 is 17.2 Å². The summed E-state index contributed by atoms with van der Waals surface area (Å²) in [6, 6.07) is 15.1. The van der Waals surface area contributed by atoms with Crippen LogP contribution in [-0.4, -0.2) is 24.4 Å². The number of benzene rings is 2. The molecule has 0 atom stereocenters. The fraction of sp³-hybridized carbons (Fsp3) is 0.167. The number of rotatable bonds is 6. The van der Waals surface area contributed by atoms with Gasteiger partial charge in [-0.3, -0.25) is 5.10 Å². The van der Waals surface area contributed by atoms with Crippen molar-refractivity contribution in [2.24, 2.45) is 10.2 Å². The predicted molar refractivity (Wildman–Crippen MR) is 96.0 cm³/mol. The Bertz CT molecular complexity index is 874. The highest BCUT2D eigenvalue weighted by Crippen LogP contribution is 2.32. The van der Waals surface area contributed by atoms with Gasteiger partial charge in [0.2, 0.25) is 0 Å². The Morgan fingerprint density at radius 1 is 1.04 bits per heavy atom. The molecule has 0 bridgehead atoms. The van der Waals surface area contributed by atoms with Gasteiger partial charge in [0.15, 0.2) is 11.5 Å². The number of ether oxygens (including phenoxy) is 2. The van der Waals surface area contributed by atoms with Gasteiger partial charge in [-0.1, -0.05) is 18.2 Å². The lowest BCUT2D eigenvalue weighted by Gasteiger charge is -2.10. The maximum absolute atomic E-state index is 5.93. The topological polar surface area (TPSA) is 97.9 Å². The number of H-pyrrole nitrogens is 1. The third-order valence-electron chi connectivity index (χ3n) is 3.72. The number of anilines is 1. The van der Waals surface area contributed by atoms with Crippen LogP contribution in [0.25, 0.3) is 0 Å². The molecule has 0 saturated heterocycles. The second-order valence-corrected chi connectivity index (χ2v) is 5.33. The average molecular weight is 337 g/mol. The first-order valence-corrected chi connectivity index (χ1v) is 7.71. The molecule has 3 N–H and O–H groups in total. The molecule has 2 aromatic carbocycles. The molecular weight excluding hydrogens is 318 g/mol. The molecule has 0 spiro atoms. The number of aromatic amines is 1. The first-order chi connectivity index (χ1) is 12.2. The lowest BCUT2D eigenvalue weighted by Crippen LogP contribution is -1.96. The normalized spacial score (nSPS) is 11.0. The summed E-state index contributed by atoms with van der Waals surface area (Å²) in [5.74, 6) is 1.80. The Hall–Kier alpha value is -3.35. The number of nitrogens with zero attached hydrogens (tertiary/aromatic N) is 3. The van der Waals surface area contributed by atoms with E-state index in [4.69, 9.17) is 15.2 Å². The van der Waals surface area contributed by atoms with Crippen molar-refractivity contribution in [3.05, 3.63) is 59.8 Å². The molecule has 0 amide bonds. The van der Waals surface area contributed by atoms with E-state index in [0.29, 0.717) is 17.9 Å². The van der Waals surface area contributed by atoms with Crippen LogP contribution in [0.2, 0.25) is 0 Å². The van der Waals surface area contributed by atoms with Crippen molar-refractivity contribution in [3.63, 3.8) is 0 Å². The van der Waals surface area contributed by atoms with Gasteiger partial charge in [0.25, 0.3) is 0 Å². The van der Waals surface area contributed by atoms with Crippen LogP contribution in [0.4, 0.5) is 17.2 Å². The number of azo groups is 1. The lowest BCUT2D eigenvalue weighted by molar-refractivity contribution is 0.399. The molecular formula is C18H19N5O2. The van der Waals surface area contributed by atoms with E-state index in [-0.39, 0.29) is 0 Å². The summed E-state index contributed by atoms with van der Waals surface area (Å²) in [6.07, 6.45) is 0.508. The third-order valence-corrected chi connectivity index (χ3v) is 3.72. The second kappa shape index (κ2) is 7.48. The maximum Gasteiger partial charge on any atom is 0.173 e. The van der Waals surface area contributed by atoms with Crippen LogP contribution in [0.3, 0.4) is 0 Å². The Kier molecular flexibility index (Phi) is 4.94. The van der Waals surface area contributed by atoms with E-state index in [2.05, 4.69) is 20.4 Å². The van der Waals surface area contributed by atoms with Crippen molar-refractivity contribution in [1.82, 2.24) is 10.2 Å². The molecule has 128 valence electrons. The molecule has 3 aromatic rings. The van der Waals surface area contributed by atoms with Crippen LogP contribution in [0.15, 0.2) is 58.8 Å². The molecule has 0 radical (unpaired) electrons. The average Bonchev–Trinajstić information content (AvgIpc) is 3.00. The monoisotopic (exact) mass is 337 g/mol. The molecule has 3 rings (SSSR count). The Balaban J connectivity index is 1.91. The summed E-state index contributed by atoms with van der Waals surface area (Å²) >= 11 is 0. The number of methoxy groups -OCH3 is 2. The summed E-state index contributed by atoms with van der Waals surface area (Å²) in [5.41, 5.74) is 8.88. The van der Waals surface area contributed by atoms with Gasteiger partial charge in [-0.25, -0.2) is 0 Å². The van der Waals surface area contributed by atoms with E-state index < -0.39 is 0 Å². The number of nitrogen functional groups attached to an aromatic ring is 1. The second-order valence-electron chi connectivity index (χ2n) is 5.33. The fourth-order valence-corrected chi connectivity index (χ4v) is 2.44. The van der Waals surface area contributed by atoms with Crippen molar-refractivity contribution in [2.45, 2.75) is 6.42 Å². The minimum atomic E-state index is 0.302. The molecule has 0 aliphatic heterocycles. The van der Waals surface area contributed by atoms with Crippen LogP contribution in [-0.2, 0) is 6.42 Å². The highest BCUT2D eigenvalue weighted by atomic mass is 16.5. The van der Waals surface area contributed by atoms with Crippen LogP contribution >= 0.6 is 0 Å². The number of hydrogen-bond acceptors (Lipinski definition) is 6. The third kappa shape index (κ3) is 3.77. The summed E-state index contributed by atoms with van der Waals surface area (Å²) in [6.45, 7) is 0. The quantitative estimate of drug-likeness (QED) is 0.664. The minimum Gasteiger partial charge on any atom is -0.497 e. The zero-order valence-electron chi connectivity index (χ0n) is 14.1. The zero-order valence-corrected chi connectivity index (χ0v) is 14.1. The largest absolute Gasteiger partial charge is 0.497 e. The molecule has 0 aliphatic rings. The van der Waals surface area contributed by atoms with Gasteiger partial charge in [0.05, 0.1) is 25.6 Å². The molecule has 0 fully saturated rings. The molecule has 25 heavy (non-hydrogen) atoms. The van der Waals surface area contributed by atoms with Crippen LogP contribution < -0.4 is 15.2 Å². The Morgan fingerprint density at radius 3 is 2.56 bits per heavy atom. The smallest absolute Gasteiger partial charge is 0.173 e. The van der Waals surface area contributed by atoms with E-state index in [9.17, 15) is 0 Å². The van der Waals surface area contributed by atoms with Crippen LogP contribution in [0, 0.1) is 0 Å². The van der Waals surface area contributed by atoms with E-state index in [0.717, 1.165) is 28.4 Å². The van der Waals surface area contributed by atoms with Crippen molar-refractivity contribution < 1.29 is 9.47 Å². The highest BCUT2D eigenvalue weighted by molar-refractivity contribution is 5.62. The standard InChI is InChI=1S/C18H19N5O2/c1-24-14-8-9-16(25-2)12(10-14)11-15-17(18(19)23-21-15)22-20-13-6-4-3-5-7-13/h3-10H,11H2,1-2H3,(H3,19,21,23). The predicted octanol–water partition coefficient (Wildman–Crippen LogP) is 4.02. The molecule has 0 saturated carbocycles. The molecule has 1 heterocycles. The van der Waals surface area contributed by atoms with E-state index in [1.165, 1.54) is 0 Å². The zero-order chi connectivity index (χ0) is 17.6. The Labute approximate surface area is 145 Å². The molecule has 0 aliphatic carbocycles. The summed E-state index contributed by atoms with van der Waals surface area (Å²) in [7, 11) is 3.25. The van der Waals surface area contributed by atoms with E-state index >= 15 is 0 Å². The van der Waals surface area contributed by atoms with Gasteiger partial charge < -0.3 is 15.2 Å². The van der Waals surface area contributed by atoms with Gasteiger partial charge in [0.1, 0.15) is 11.5 Å². The van der Waals surface area contributed by atoms with Crippen LogP contribution in [0.5, 0.6) is 11.5 Å². The van der Waals surface area contributed by atoms with Gasteiger partial charge in [0, 0.05) is 12.0 Å². The highest BCUT2D eigenvalue weighted by Gasteiger charge is 2.14.